The molecule has 5 nitrogen and oxygen atoms in total. The summed E-state index contributed by atoms with van der Waals surface area (Å²) in [5.74, 6) is 11.8. The van der Waals surface area contributed by atoms with E-state index in [0.717, 1.165) is 11.1 Å². The Morgan fingerprint density at radius 1 is 1.17 bits per heavy atom. The van der Waals surface area contributed by atoms with Crippen LogP contribution in [-0.2, 0) is 0 Å². The van der Waals surface area contributed by atoms with Crippen LogP contribution in [0.15, 0.2) is 58.0 Å². The maximum Gasteiger partial charge on any atom is 0.224 e. The zero-order chi connectivity index (χ0) is 16.4. The van der Waals surface area contributed by atoms with Gasteiger partial charge < -0.3 is 0 Å². The van der Waals surface area contributed by atoms with Gasteiger partial charge in [0.15, 0.2) is 0 Å². The molecule has 2 unspecified atom stereocenters. The van der Waals surface area contributed by atoms with Gasteiger partial charge in [-0.3, -0.25) is 10.4 Å². The van der Waals surface area contributed by atoms with Crippen molar-refractivity contribution in [2.45, 2.75) is 18.5 Å². The molecule has 0 radical (unpaired) electrons. The van der Waals surface area contributed by atoms with Crippen molar-refractivity contribution >= 4 is 21.9 Å². The first-order valence-corrected chi connectivity index (χ1v) is 7.97. The topological polar surface area (TPSA) is 79.7 Å². The molecule has 0 aliphatic carbocycles. The predicted molar refractivity (Wildman–Crippen MR) is 91.4 cm³/mol. The Bertz CT molecular complexity index is 701. The molecule has 0 aromatic heterocycles. The molecule has 1 heterocycles. The highest BCUT2D eigenvalue weighted by atomic mass is 79.9. The number of nitrogens with one attached hydrogen (secondary N) is 1. The Labute approximate surface area is 142 Å². The number of rotatable bonds is 2. The molecule has 120 valence electrons. The van der Waals surface area contributed by atoms with Gasteiger partial charge in [0.1, 0.15) is 5.82 Å². The highest BCUT2D eigenvalue weighted by molar-refractivity contribution is 9.10. The smallest absolute Gasteiger partial charge is 0.224 e. The minimum atomic E-state index is -0.307. The maximum atomic E-state index is 13.7. The van der Waals surface area contributed by atoms with E-state index < -0.39 is 0 Å². The summed E-state index contributed by atoms with van der Waals surface area (Å²) in [5, 5.41) is 1.51. The van der Waals surface area contributed by atoms with E-state index in [-0.39, 0.29) is 17.9 Å². The van der Waals surface area contributed by atoms with Crippen LogP contribution in [0.5, 0.6) is 0 Å². The fourth-order valence-corrected chi connectivity index (χ4v) is 3.28. The average molecular weight is 378 g/mol. The molecule has 1 aliphatic heterocycles. The second kappa shape index (κ2) is 6.66. The van der Waals surface area contributed by atoms with E-state index in [1.54, 1.807) is 0 Å². The third kappa shape index (κ3) is 3.36. The van der Waals surface area contributed by atoms with Crippen LogP contribution in [0.3, 0.4) is 0 Å². The predicted octanol–water partition coefficient (Wildman–Crippen LogP) is 2.77. The summed E-state index contributed by atoms with van der Waals surface area (Å²) < 4.78 is 14.4. The molecule has 0 saturated carbocycles. The van der Waals surface area contributed by atoms with Crippen molar-refractivity contribution in [3.63, 3.8) is 0 Å². The lowest BCUT2D eigenvalue weighted by molar-refractivity contribution is 0.260. The number of hydrogen-bond acceptors (Lipinski definition) is 5. The molecule has 0 amide bonds. The van der Waals surface area contributed by atoms with Crippen molar-refractivity contribution in [1.29, 1.82) is 0 Å². The second-order valence-electron chi connectivity index (χ2n) is 5.39. The third-order valence-corrected chi connectivity index (χ3v) is 4.35. The van der Waals surface area contributed by atoms with E-state index >= 15 is 0 Å². The number of nitrogens with two attached hydrogens (primary N) is 2. The van der Waals surface area contributed by atoms with Crippen molar-refractivity contribution in [2.24, 2.45) is 16.7 Å². The van der Waals surface area contributed by atoms with Gasteiger partial charge in [-0.15, -0.1) is 0 Å². The molecule has 0 bridgehead atoms. The molecule has 0 spiro atoms. The van der Waals surface area contributed by atoms with Gasteiger partial charge >= 0.3 is 0 Å². The van der Waals surface area contributed by atoms with Gasteiger partial charge in [-0.2, -0.15) is 0 Å². The minimum Gasteiger partial charge on any atom is -0.293 e. The Morgan fingerprint density at radius 2 is 1.91 bits per heavy atom. The van der Waals surface area contributed by atoms with Gasteiger partial charge in [0.2, 0.25) is 5.96 Å². The first-order chi connectivity index (χ1) is 11.1. The van der Waals surface area contributed by atoms with Gasteiger partial charge in [0.05, 0.1) is 12.1 Å². The van der Waals surface area contributed by atoms with Gasteiger partial charge in [-0.1, -0.05) is 46.3 Å². The largest absolute Gasteiger partial charge is 0.293 e. The van der Waals surface area contributed by atoms with Crippen molar-refractivity contribution in [2.75, 3.05) is 0 Å². The van der Waals surface area contributed by atoms with Crippen molar-refractivity contribution in [3.8, 4) is 0 Å². The summed E-state index contributed by atoms with van der Waals surface area (Å²) >= 11 is 3.32. The third-order valence-electron chi connectivity index (χ3n) is 3.89. The minimum absolute atomic E-state index is 0.105. The Morgan fingerprint density at radius 3 is 2.57 bits per heavy atom. The van der Waals surface area contributed by atoms with Crippen LogP contribution in [0, 0.1) is 5.82 Å². The van der Waals surface area contributed by atoms with Gasteiger partial charge in [0.25, 0.3) is 0 Å². The fraction of sp³-hybridized carbons (Fsp3) is 0.188. The monoisotopic (exact) mass is 377 g/mol. The molecule has 1 aliphatic rings. The SMILES string of the molecule is NNC1=NC(c2cc(F)cc(Br)c2)CC(c2ccccc2)N1N. The number of halogens is 2. The zero-order valence-corrected chi connectivity index (χ0v) is 13.9. The summed E-state index contributed by atoms with van der Waals surface area (Å²) in [5.41, 5.74) is 4.36. The lowest BCUT2D eigenvalue weighted by Gasteiger charge is -2.36. The summed E-state index contributed by atoms with van der Waals surface area (Å²) in [6.07, 6.45) is 0.627. The summed E-state index contributed by atoms with van der Waals surface area (Å²) in [6.45, 7) is 0. The van der Waals surface area contributed by atoms with Crippen LogP contribution in [0.4, 0.5) is 4.39 Å². The Balaban J connectivity index is 1.99. The van der Waals surface area contributed by atoms with E-state index in [4.69, 9.17) is 11.7 Å². The lowest BCUT2D eigenvalue weighted by atomic mass is 9.93. The lowest BCUT2D eigenvalue weighted by Crippen LogP contribution is -2.52. The van der Waals surface area contributed by atoms with E-state index in [1.807, 2.05) is 36.4 Å². The van der Waals surface area contributed by atoms with Gasteiger partial charge in [-0.25, -0.2) is 21.1 Å². The molecular formula is C16H17BrFN5. The Kier molecular flexibility index (Phi) is 4.61. The standard InChI is InChI=1S/C16H17BrFN5/c17-12-6-11(7-13(18)8-12)14-9-15(10-4-2-1-3-5-10)23(20)16(21-14)22-19/h1-8,14-15H,9,19-20H2,(H,21,22). The Hall–Kier alpha value is -1.96. The number of hydrogen-bond donors (Lipinski definition) is 3. The van der Waals surface area contributed by atoms with Crippen molar-refractivity contribution < 1.29 is 4.39 Å². The second-order valence-corrected chi connectivity index (χ2v) is 6.30. The van der Waals surface area contributed by atoms with Crippen LogP contribution in [-0.4, -0.2) is 11.0 Å². The van der Waals surface area contributed by atoms with Crippen molar-refractivity contribution in [3.05, 3.63) is 69.9 Å². The fourth-order valence-electron chi connectivity index (χ4n) is 2.80. The molecular weight excluding hydrogens is 361 g/mol. The maximum absolute atomic E-state index is 13.7. The summed E-state index contributed by atoms with van der Waals surface area (Å²) in [4.78, 5) is 4.50. The van der Waals surface area contributed by atoms with E-state index in [9.17, 15) is 4.39 Å². The number of nitrogens with zero attached hydrogens (tertiary/aromatic N) is 2. The molecule has 7 heteroatoms. The van der Waals surface area contributed by atoms with Gasteiger partial charge in [-0.05, 0) is 29.3 Å². The number of aliphatic imine (C=N–C) groups is 1. The van der Waals surface area contributed by atoms with E-state index in [2.05, 4.69) is 26.3 Å². The zero-order valence-electron chi connectivity index (χ0n) is 12.3. The van der Waals surface area contributed by atoms with Crippen LogP contribution < -0.4 is 17.1 Å². The summed E-state index contributed by atoms with van der Waals surface area (Å²) in [6, 6.07) is 14.3. The molecule has 5 N–H and O–H groups in total. The number of benzene rings is 2. The van der Waals surface area contributed by atoms with Crippen LogP contribution in [0.2, 0.25) is 0 Å². The van der Waals surface area contributed by atoms with Crippen LogP contribution in [0.25, 0.3) is 0 Å². The number of guanidine groups is 1. The molecule has 2 aromatic carbocycles. The summed E-state index contributed by atoms with van der Waals surface area (Å²) in [7, 11) is 0. The average Bonchev–Trinajstić information content (AvgIpc) is 2.55. The van der Waals surface area contributed by atoms with Gasteiger partial charge in [0, 0.05) is 10.9 Å². The van der Waals surface area contributed by atoms with Crippen LogP contribution in [0.1, 0.15) is 29.6 Å². The first kappa shape index (κ1) is 15.9. The molecule has 3 rings (SSSR count). The van der Waals surface area contributed by atoms with Crippen molar-refractivity contribution in [1.82, 2.24) is 10.4 Å². The van der Waals surface area contributed by atoms with E-state index in [0.29, 0.717) is 16.9 Å². The molecule has 0 fully saturated rings. The van der Waals surface area contributed by atoms with E-state index in [1.165, 1.54) is 17.1 Å². The normalized spacial score (nSPS) is 21.0. The molecule has 2 aromatic rings. The molecule has 23 heavy (non-hydrogen) atoms. The highest BCUT2D eigenvalue weighted by Crippen LogP contribution is 2.36. The molecule has 0 saturated heterocycles. The quantitative estimate of drug-likeness (QED) is 0.555. The van der Waals surface area contributed by atoms with Crippen LogP contribution >= 0.6 is 15.9 Å². The number of hydrazine groups is 2. The molecule has 2 atom stereocenters. The first-order valence-electron chi connectivity index (χ1n) is 7.18. The highest BCUT2D eigenvalue weighted by Gasteiger charge is 2.30.